The van der Waals surface area contributed by atoms with Crippen LogP contribution in [0.3, 0.4) is 0 Å². The molecule has 0 saturated carbocycles. The number of imide groups is 1. The van der Waals surface area contributed by atoms with Crippen LogP contribution in [0.5, 0.6) is 5.75 Å². The normalized spacial score (nSPS) is 14.3. The molecule has 5 nitrogen and oxygen atoms in total. The Hall–Kier alpha value is -2.31. The second-order valence-corrected chi connectivity index (χ2v) is 7.57. The minimum Gasteiger partial charge on any atom is -0.423 e. The maximum atomic E-state index is 12.9. The first-order valence-corrected chi connectivity index (χ1v) is 10.1. The van der Waals surface area contributed by atoms with E-state index in [4.69, 9.17) is 16.3 Å². The third-order valence-corrected chi connectivity index (χ3v) is 5.26. The van der Waals surface area contributed by atoms with Crippen LogP contribution in [0, 0.1) is 6.92 Å². The van der Waals surface area contributed by atoms with Gasteiger partial charge in [-0.15, -0.1) is 0 Å². The molecule has 1 atom stereocenters. The summed E-state index contributed by atoms with van der Waals surface area (Å²) in [6.45, 7) is 1.85. The van der Waals surface area contributed by atoms with Crippen LogP contribution in [-0.2, 0) is 4.79 Å². The zero-order chi connectivity index (χ0) is 19.6. The monoisotopic (exact) mass is 403 g/mol. The maximum Gasteiger partial charge on any atom is 0.334 e. The van der Waals surface area contributed by atoms with Gasteiger partial charge in [0.25, 0.3) is 11.8 Å². The highest BCUT2D eigenvalue weighted by molar-refractivity contribution is 7.98. The van der Waals surface area contributed by atoms with Crippen LogP contribution < -0.4 is 4.74 Å². The number of carbonyl (C=O) groups excluding carboxylic acids is 3. The van der Waals surface area contributed by atoms with E-state index in [1.54, 1.807) is 42.5 Å². The average Bonchev–Trinajstić information content (AvgIpc) is 2.90. The van der Waals surface area contributed by atoms with Gasteiger partial charge in [-0.1, -0.05) is 29.8 Å². The highest BCUT2D eigenvalue weighted by atomic mass is 35.5. The summed E-state index contributed by atoms with van der Waals surface area (Å²) in [6.07, 6.45) is 2.19. The second kappa shape index (κ2) is 8.15. The Morgan fingerprint density at radius 3 is 2.37 bits per heavy atom. The van der Waals surface area contributed by atoms with E-state index in [1.807, 2.05) is 13.2 Å². The number of esters is 1. The van der Waals surface area contributed by atoms with Gasteiger partial charge in [-0.05, 0) is 55.2 Å². The first-order chi connectivity index (χ1) is 12.9. The van der Waals surface area contributed by atoms with Crippen molar-refractivity contribution in [3.8, 4) is 5.75 Å². The molecule has 27 heavy (non-hydrogen) atoms. The third-order valence-electron chi connectivity index (χ3n) is 4.30. The summed E-state index contributed by atoms with van der Waals surface area (Å²) < 4.78 is 5.47. The van der Waals surface area contributed by atoms with Crippen LogP contribution in [0.1, 0.15) is 32.7 Å². The van der Waals surface area contributed by atoms with Gasteiger partial charge in [-0.2, -0.15) is 11.8 Å². The SMILES string of the molecule is CSCC[C@@H](C(=O)Oc1cc(C)ccc1Cl)N1C(=O)c2ccccc2C1=O. The number of benzene rings is 2. The largest absolute Gasteiger partial charge is 0.423 e. The third kappa shape index (κ3) is 3.87. The number of carbonyl (C=O) groups is 3. The number of halogens is 1. The Balaban J connectivity index is 1.90. The van der Waals surface area contributed by atoms with Gasteiger partial charge in [0.15, 0.2) is 0 Å². The topological polar surface area (TPSA) is 63.7 Å². The summed E-state index contributed by atoms with van der Waals surface area (Å²) in [7, 11) is 0. The molecule has 2 amide bonds. The summed E-state index contributed by atoms with van der Waals surface area (Å²) in [5, 5.41) is 0.292. The van der Waals surface area contributed by atoms with E-state index in [0.717, 1.165) is 10.5 Å². The smallest absolute Gasteiger partial charge is 0.334 e. The molecule has 2 aromatic rings. The van der Waals surface area contributed by atoms with Crippen molar-refractivity contribution in [2.75, 3.05) is 12.0 Å². The summed E-state index contributed by atoms with van der Waals surface area (Å²) in [5.74, 6) is -0.823. The van der Waals surface area contributed by atoms with E-state index in [2.05, 4.69) is 0 Å². The summed E-state index contributed by atoms with van der Waals surface area (Å²) in [4.78, 5) is 39.4. The van der Waals surface area contributed by atoms with Gasteiger partial charge in [0.2, 0.25) is 0 Å². The highest BCUT2D eigenvalue weighted by Gasteiger charge is 2.43. The number of aryl methyl sites for hydroxylation is 1. The number of ether oxygens (including phenoxy) is 1. The Labute approximate surface area is 166 Å². The molecule has 1 aliphatic heterocycles. The number of hydrogen-bond acceptors (Lipinski definition) is 5. The van der Waals surface area contributed by atoms with Crippen molar-refractivity contribution in [3.63, 3.8) is 0 Å². The lowest BCUT2D eigenvalue weighted by Gasteiger charge is -2.24. The predicted molar refractivity (Wildman–Crippen MR) is 106 cm³/mol. The predicted octanol–water partition coefficient (Wildman–Crippen LogP) is 3.97. The van der Waals surface area contributed by atoms with Gasteiger partial charge in [-0.25, -0.2) is 4.79 Å². The lowest BCUT2D eigenvalue weighted by molar-refractivity contribution is -0.138. The summed E-state index contributed by atoms with van der Waals surface area (Å²) >= 11 is 7.63. The van der Waals surface area contributed by atoms with Crippen LogP contribution in [0.15, 0.2) is 42.5 Å². The van der Waals surface area contributed by atoms with E-state index in [-0.39, 0.29) is 5.75 Å². The number of rotatable bonds is 6. The quantitative estimate of drug-likeness (QED) is 0.415. The fraction of sp³-hybridized carbons (Fsp3) is 0.250. The number of nitrogens with zero attached hydrogens (tertiary/aromatic N) is 1. The van der Waals surface area contributed by atoms with Crippen molar-refractivity contribution in [1.82, 2.24) is 4.90 Å². The minimum atomic E-state index is -1.01. The van der Waals surface area contributed by atoms with E-state index >= 15 is 0 Å². The van der Waals surface area contributed by atoms with E-state index in [1.165, 1.54) is 11.8 Å². The number of amides is 2. The first kappa shape index (κ1) is 19.5. The molecule has 2 aromatic carbocycles. The molecule has 140 valence electrons. The van der Waals surface area contributed by atoms with Gasteiger partial charge < -0.3 is 4.74 Å². The molecule has 3 rings (SSSR count). The zero-order valence-electron chi connectivity index (χ0n) is 14.9. The van der Waals surface area contributed by atoms with Crippen molar-refractivity contribution < 1.29 is 19.1 Å². The molecule has 0 saturated heterocycles. The molecule has 1 aliphatic rings. The van der Waals surface area contributed by atoms with Crippen molar-refractivity contribution in [1.29, 1.82) is 0 Å². The summed E-state index contributed by atoms with van der Waals surface area (Å²) in [6, 6.07) is 10.6. The standard InChI is InChI=1S/C20H18ClNO4S/c1-12-7-8-15(21)17(11-12)26-20(25)16(9-10-27-2)22-18(23)13-5-3-4-6-14(13)19(22)24/h3-8,11,16H,9-10H2,1-2H3/t16-/m0/s1. The first-order valence-electron chi connectivity index (χ1n) is 8.37. The fourth-order valence-electron chi connectivity index (χ4n) is 2.94. The van der Waals surface area contributed by atoms with Crippen molar-refractivity contribution in [3.05, 3.63) is 64.2 Å². The van der Waals surface area contributed by atoms with Gasteiger partial charge in [0, 0.05) is 0 Å². The molecule has 0 aliphatic carbocycles. The second-order valence-electron chi connectivity index (χ2n) is 6.18. The van der Waals surface area contributed by atoms with Gasteiger partial charge in [-0.3, -0.25) is 14.5 Å². The van der Waals surface area contributed by atoms with Crippen LogP contribution >= 0.6 is 23.4 Å². The lowest BCUT2D eigenvalue weighted by Crippen LogP contribution is -2.47. The minimum absolute atomic E-state index is 0.215. The Morgan fingerprint density at radius 2 is 1.78 bits per heavy atom. The Kier molecular flexibility index (Phi) is 5.87. The zero-order valence-corrected chi connectivity index (χ0v) is 16.5. The van der Waals surface area contributed by atoms with E-state index in [0.29, 0.717) is 28.3 Å². The van der Waals surface area contributed by atoms with E-state index < -0.39 is 23.8 Å². The molecular weight excluding hydrogens is 386 g/mol. The van der Waals surface area contributed by atoms with Crippen LogP contribution in [0.25, 0.3) is 0 Å². The lowest BCUT2D eigenvalue weighted by atomic mass is 10.1. The number of hydrogen-bond donors (Lipinski definition) is 0. The van der Waals surface area contributed by atoms with Crippen LogP contribution in [0.2, 0.25) is 5.02 Å². The van der Waals surface area contributed by atoms with Crippen molar-refractivity contribution in [2.24, 2.45) is 0 Å². The molecule has 1 heterocycles. The molecular formula is C20H18ClNO4S. The Morgan fingerprint density at radius 1 is 1.15 bits per heavy atom. The number of thioether (sulfide) groups is 1. The van der Waals surface area contributed by atoms with Gasteiger partial charge in [0.05, 0.1) is 16.1 Å². The van der Waals surface area contributed by atoms with Crippen molar-refractivity contribution >= 4 is 41.1 Å². The highest BCUT2D eigenvalue weighted by Crippen LogP contribution is 2.29. The fourth-order valence-corrected chi connectivity index (χ4v) is 3.55. The molecule has 7 heteroatoms. The van der Waals surface area contributed by atoms with E-state index in [9.17, 15) is 14.4 Å². The average molecular weight is 404 g/mol. The van der Waals surface area contributed by atoms with Gasteiger partial charge in [0.1, 0.15) is 11.8 Å². The van der Waals surface area contributed by atoms with Crippen LogP contribution in [-0.4, -0.2) is 40.7 Å². The maximum absolute atomic E-state index is 12.9. The molecule has 0 spiro atoms. The molecule has 0 unspecified atom stereocenters. The van der Waals surface area contributed by atoms with Gasteiger partial charge >= 0.3 is 5.97 Å². The molecule has 0 N–H and O–H groups in total. The van der Waals surface area contributed by atoms with Crippen molar-refractivity contribution in [2.45, 2.75) is 19.4 Å². The molecule has 0 fully saturated rings. The van der Waals surface area contributed by atoms with Crippen LogP contribution in [0.4, 0.5) is 0 Å². The Bertz CT molecular complexity index is 880. The summed E-state index contributed by atoms with van der Waals surface area (Å²) in [5.41, 5.74) is 1.49. The molecule has 0 bridgehead atoms. The number of fused-ring (bicyclic) bond motifs is 1. The molecule has 0 aromatic heterocycles. The molecule has 0 radical (unpaired) electrons.